The molecule has 1 aromatic rings. The minimum atomic E-state index is -3.46. The summed E-state index contributed by atoms with van der Waals surface area (Å²) in [5.41, 5.74) is 0.621. The van der Waals surface area contributed by atoms with Crippen molar-refractivity contribution < 1.29 is 17.6 Å². The Balaban J connectivity index is 2.66. The molecule has 124 valence electrons. The van der Waals surface area contributed by atoms with E-state index in [0.29, 0.717) is 17.7 Å². The van der Waals surface area contributed by atoms with Crippen molar-refractivity contribution in [3.05, 3.63) is 35.6 Å². The smallest absolute Gasteiger partial charge is 0.238 e. The van der Waals surface area contributed by atoms with E-state index < -0.39 is 22.0 Å². The molecule has 0 bridgehead atoms. The molecule has 0 radical (unpaired) electrons. The number of amides is 1. The maximum atomic E-state index is 13.1. The number of carbonyl (C=O) groups is 1. The first kappa shape index (κ1) is 18.9. The lowest BCUT2D eigenvalue weighted by Crippen LogP contribution is -2.47. The Hall–Kier alpha value is -1.12. The Labute approximate surface area is 135 Å². The lowest BCUT2D eigenvalue weighted by atomic mass is 10.2. The molecular weight excluding hydrogens is 327 g/mol. The summed E-state index contributed by atoms with van der Waals surface area (Å²) in [4.78, 5) is 12.2. The van der Waals surface area contributed by atoms with E-state index in [2.05, 4.69) is 10.0 Å². The first-order valence-electron chi connectivity index (χ1n) is 6.89. The molecule has 2 N–H and O–H groups in total. The summed E-state index contributed by atoms with van der Waals surface area (Å²) in [6.07, 6.45) is 2.28. The number of carbonyl (C=O) groups excluding carboxylic acids is 1. The summed E-state index contributed by atoms with van der Waals surface area (Å²) in [5.74, 6) is -0.211. The molecule has 0 aliphatic heterocycles. The zero-order valence-corrected chi connectivity index (χ0v) is 14.3. The molecule has 1 rings (SSSR count). The molecule has 1 atom stereocenters. The van der Waals surface area contributed by atoms with E-state index in [1.165, 1.54) is 30.8 Å². The van der Waals surface area contributed by atoms with E-state index in [-0.39, 0.29) is 18.1 Å². The summed E-state index contributed by atoms with van der Waals surface area (Å²) >= 11 is 1.53. The maximum Gasteiger partial charge on any atom is 0.238 e. The van der Waals surface area contributed by atoms with Crippen LogP contribution in [0.1, 0.15) is 18.9 Å². The second-order valence-electron chi connectivity index (χ2n) is 4.70. The van der Waals surface area contributed by atoms with Gasteiger partial charge in [0.15, 0.2) is 0 Å². The van der Waals surface area contributed by atoms with Crippen LogP contribution >= 0.6 is 11.8 Å². The number of thioether (sulfide) groups is 1. The maximum absolute atomic E-state index is 13.1. The van der Waals surface area contributed by atoms with Crippen molar-refractivity contribution in [2.75, 3.05) is 17.8 Å². The minimum Gasteiger partial charge on any atom is -0.351 e. The van der Waals surface area contributed by atoms with Crippen molar-refractivity contribution in [1.29, 1.82) is 0 Å². The van der Waals surface area contributed by atoms with Crippen LogP contribution in [0.4, 0.5) is 4.39 Å². The number of halogens is 1. The Morgan fingerprint density at radius 3 is 2.73 bits per heavy atom. The molecule has 0 aliphatic rings. The number of hydrogen-bond acceptors (Lipinski definition) is 4. The predicted molar refractivity (Wildman–Crippen MR) is 87.6 cm³/mol. The van der Waals surface area contributed by atoms with Gasteiger partial charge in [0.2, 0.25) is 15.9 Å². The van der Waals surface area contributed by atoms with E-state index in [1.54, 1.807) is 12.1 Å². The first-order chi connectivity index (χ1) is 10.4. The van der Waals surface area contributed by atoms with Crippen LogP contribution in [-0.4, -0.2) is 38.1 Å². The van der Waals surface area contributed by atoms with Crippen LogP contribution in [0.5, 0.6) is 0 Å². The van der Waals surface area contributed by atoms with Gasteiger partial charge in [-0.05, 0) is 43.0 Å². The van der Waals surface area contributed by atoms with Crippen LogP contribution in [0, 0.1) is 5.82 Å². The largest absolute Gasteiger partial charge is 0.351 e. The monoisotopic (exact) mass is 348 g/mol. The van der Waals surface area contributed by atoms with Crippen molar-refractivity contribution in [3.8, 4) is 0 Å². The summed E-state index contributed by atoms with van der Waals surface area (Å²) < 4.78 is 38.8. The number of sulfonamides is 1. The summed E-state index contributed by atoms with van der Waals surface area (Å²) in [7, 11) is -3.46. The molecule has 0 aliphatic carbocycles. The van der Waals surface area contributed by atoms with Crippen molar-refractivity contribution in [3.63, 3.8) is 0 Å². The quantitative estimate of drug-likeness (QED) is 0.709. The van der Waals surface area contributed by atoms with Crippen molar-refractivity contribution in [2.24, 2.45) is 0 Å². The number of benzene rings is 1. The molecular formula is C14H21FN2O3S2. The Kier molecular flexibility index (Phi) is 7.84. The fraction of sp³-hybridized carbons (Fsp3) is 0.500. The van der Waals surface area contributed by atoms with E-state index in [9.17, 15) is 17.6 Å². The second-order valence-corrected chi connectivity index (χ2v) is 7.73. The minimum absolute atomic E-state index is 0.0834. The number of hydrogen-bond donors (Lipinski definition) is 2. The molecule has 0 saturated carbocycles. The predicted octanol–water partition coefficient (Wildman–Crippen LogP) is 1.50. The average Bonchev–Trinajstić information content (AvgIpc) is 2.49. The Morgan fingerprint density at radius 2 is 2.14 bits per heavy atom. The molecule has 1 amide bonds. The third-order valence-electron chi connectivity index (χ3n) is 2.98. The standard InChI is InChI=1S/C14H21FN2O3S2/c1-3-22(19,20)17-13(7-8-21-2)14(18)16-10-11-5-4-6-12(15)9-11/h4-6,9,13,17H,3,7-8,10H2,1-2H3,(H,16,18)/t13-/m1/s1. The van der Waals surface area contributed by atoms with Crippen LogP contribution in [0.3, 0.4) is 0 Å². The first-order valence-corrected chi connectivity index (χ1v) is 9.93. The van der Waals surface area contributed by atoms with Gasteiger partial charge < -0.3 is 5.32 Å². The van der Waals surface area contributed by atoms with Crippen molar-refractivity contribution >= 4 is 27.7 Å². The van der Waals surface area contributed by atoms with Gasteiger partial charge in [0.05, 0.1) is 5.75 Å². The van der Waals surface area contributed by atoms with E-state index in [1.807, 2.05) is 6.26 Å². The second kappa shape index (κ2) is 9.12. The van der Waals surface area contributed by atoms with Gasteiger partial charge in [-0.2, -0.15) is 11.8 Å². The molecule has 0 spiro atoms. The zero-order chi connectivity index (χ0) is 16.6. The molecule has 0 unspecified atom stereocenters. The summed E-state index contributed by atoms with van der Waals surface area (Å²) in [6, 6.07) is 5.08. The van der Waals surface area contributed by atoms with Gasteiger partial charge in [-0.15, -0.1) is 0 Å². The van der Waals surface area contributed by atoms with Gasteiger partial charge in [-0.3, -0.25) is 4.79 Å². The van der Waals surface area contributed by atoms with Crippen LogP contribution in [0.25, 0.3) is 0 Å². The van der Waals surface area contributed by atoms with Crippen LogP contribution < -0.4 is 10.0 Å². The highest BCUT2D eigenvalue weighted by atomic mass is 32.2. The van der Waals surface area contributed by atoms with Crippen LogP contribution in [-0.2, 0) is 21.4 Å². The summed E-state index contributed by atoms with van der Waals surface area (Å²) in [6.45, 7) is 1.67. The Bertz CT molecular complexity index is 594. The fourth-order valence-corrected chi connectivity index (χ4v) is 3.04. The molecule has 8 heteroatoms. The van der Waals surface area contributed by atoms with Crippen molar-refractivity contribution in [1.82, 2.24) is 10.0 Å². The topological polar surface area (TPSA) is 75.3 Å². The van der Waals surface area contributed by atoms with Crippen LogP contribution in [0.2, 0.25) is 0 Å². The fourth-order valence-electron chi connectivity index (χ4n) is 1.74. The average molecular weight is 348 g/mol. The third kappa shape index (κ3) is 6.76. The van der Waals surface area contributed by atoms with Gasteiger partial charge in [0.1, 0.15) is 11.9 Å². The highest BCUT2D eigenvalue weighted by molar-refractivity contribution is 7.98. The lowest BCUT2D eigenvalue weighted by molar-refractivity contribution is -0.122. The van der Waals surface area contributed by atoms with Gasteiger partial charge in [-0.1, -0.05) is 12.1 Å². The summed E-state index contributed by atoms with van der Waals surface area (Å²) in [5, 5.41) is 2.64. The number of rotatable bonds is 9. The lowest BCUT2D eigenvalue weighted by Gasteiger charge is -2.17. The molecule has 0 fully saturated rings. The molecule has 0 heterocycles. The van der Waals surface area contributed by atoms with E-state index in [4.69, 9.17) is 0 Å². The SMILES string of the molecule is CCS(=O)(=O)N[C@H](CCSC)C(=O)NCc1cccc(F)c1. The molecule has 0 saturated heterocycles. The van der Waals surface area contributed by atoms with Gasteiger partial charge in [0.25, 0.3) is 0 Å². The van der Waals surface area contributed by atoms with Crippen LogP contribution in [0.15, 0.2) is 24.3 Å². The third-order valence-corrected chi connectivity index (χ3v) is 5.03. The molecule has 5 nitrogen and oxygen atoms in total. The number of nitrogens with one attached hydrogen (secondary N) is 2. The van der Waals surface area contributed by atoms with Gasteiger partial charge in [-0.25, -0.2) is 17.5 Å². The highest BCUT2D eigenvalue weighted by Gasteiger charge is 2.22. The van der Waals surface area contributed by atoms with Gasteiger partial charge >= 0.3 is 0 Å². The highest BCUT2D eigenvalue weighted by Crippen LogP contribution is 2.05. The zero-order valence-electron chi connectivity index (χ0n) is 12.6. The van der Waals surface area contributed by atoms with Gasteiger partial charge in [0, 0.05) is 6.54 Å². The molecule has 0 aromatic heterocycles. The van der Waals surface area contributed by atoms with E-state index in [0.717, 1.165) is 0 Å². The Morgan fingerprint density at radius 1 is 1.41 bits per heavy atom. The molecule has 22 heavy (non-hydrogen) atoms. The van der Waals surface area contributed by atoms with Crippen molar-refractivity contribution in [2.45, 2.75) is 25.9 Å². The molecule has 1 aromatic carbocycles. The van der Waals surface area contributed by atoms with E-state index >= 15 is 0 Å². The normalized spacial score (nSPS) is 12.9.